The van der Waals surface area contributed by atoms with Crippen LogP contribution in [-0.4, -0.2) is 21.9 Å². The zero-order chi connectivity index (χ0) is 15.4. The van der Waals surface area contributed by atoms with Crippen molar-refractivity contribution in [2.45, 2.75) is 6.54 Å². The molecule has 2 aromatic rings. The molecular weight excluding hydrogens is 296 g/mol. The van der Waals surface area contributed by atoms with E-state index in [2.05, 4.69) is 5.32 Å². The molecule has 1 heterocycles. The van der Waals surface area contributed by atoms with Gasteiger partial charge in [0.05, 0.1) is 16.1 Å². The molecule has 1 aromatic carbocycles. The summed E-state index contributed by atoms with van der Waals surface area (Å²) in [6, 6.07) is 7.38. The zero-order valence-electron chi connectivity index (χ0n) is 10.6. The largest absolute Gasteiger partial charge is 0.478 e. The molecule has 21 heavy (non-hydrogen) atoms. The summed E-state index contributed by atoms with van der Waals surface area (Å²) >= 11 is 0.876. The van der Waals surface area contributed by atoms with E-state index in [1.54, 1.807) is 12.1 Å². The fraction of sp³-hybridized carbons (Fsp3) is 0.0769. The van der Waals surface area contributed by atoms with Crippen molar-refractivity contribution >= 4 is 28.2 Å². The van der Waals surface area contributed by atoms with E-state index in [1.165, 1.54) is 23.6 Å². The molecule has 0 spiro atoms. The number of aromatic carboxylic acids is 1. The first-order valence-electron chi connectivity index (χ1n) is 5.80. The molecule has 0 aliphatic carbocycles. The van der Waals surface area contributed by atoms with Crippen LogP contribution in [0.1, 0.15) is 26.3 Å². The van der Waals surface area contributed by atoms with E-state index in [-0.39, 0.29) is 22.7 Å². The van der Waals surface area contributed by atoms with Gasteiger partial charge in [-0.3, -0.25) is 14.9 Å². The Morgan fingerprint density at radius 2 is 2.05 bits per heavy atom. The molecule has 1 aromatic heterocycles. The summed E-state index contributed by atoms with van der Waals surface area (Å²) in [7, 11) is 0. The molecule has 0 bridgehead atoms. The van der Waals surface area contributed by atoms with E-state index >= 15 is 0 Å². The Balaban J connectivity index is 2.02. The lowest BCUT2D eigenvalue weighted by molar-refractivity contribution is -0.380. The van der Waals surface area contributed by atoms with Gasteiger partial charge in [0, 0.05) is 18.0 Å². The minimum Gasteiger partial charge on any atom is -0.478 e. The van der Waals surface area contributed by atoms with Gasteiger partial charge in [0.25, 0.3) is 5.91 Å². The number of rotatable bonds is 5. The molecule has 7 nitrogen and oxygen atoms in total. The number of hydrogen-bond donors (Lipinski definition) is 2. The highest BCUT2D eigenvalue weighted by atomic mass is 32.1. The Labute approximate surface area is 123 Å². The van der Waals surface area contributed by atoms with Crippen LogP contribution in [-0.2, 0) is 6.54 Å². The van der Waals surface area contributed by atoms with Crippen LogP contribution in [0.25, 0.3) is 0 Å². The van der Waals surface area contributed by atoms with E-state index in [0.717, 1.165) is 11.3 Å². The average molecular weight is 306 g/mol. The minimum atomic E-state index is -1.04. The molecule has 2 rings (SSSR count). The first-order chi connectivity index (χ1) is 9.97. The van der Waals surface area contributed by atoms with Gasteiger partial charge in [-0.05, 0) is 17.7 Å². The third-order valence-corrected chi connectivity index (χ3v) is 3.53. The van der Waals surface area contributed by atoms with Gasteiger partial charge in [0.2, 0.25) is 0 Å². The molecule has 0 aliphatic heterocycles. The van der Waals surface area contributed by atoms with Crippen molar-refractivity contribution in [2.75, 3.05) is 0 Å². The van der Waals surface area contributed by atoms with Crippen LogP contribution in [0.2, 0.25) is 0 Å². The first-order valence-corrected chi connectivity index (χ1v) is 6.68. The number of carboxylic acids is 1. The van der Waals surface area contributed by atoms with Gasteiger partial charge in [0.15, 0.2) is 0 Å². The number of nitrogens with zero attached hydrogens (tertiary/aromatic N) is 1. The molecule has 0 unspecified atom stereocenters. The number of nitro groups is 1. The van der Waals surface area contributed by atoms with Crippen LogP contribution < -0.4 is 5.32 Å². The van der Waals surface area contributed by atoms with Crippen LogP contribution in [0.3, 0.4) is 0 Å². The van der Waals surface area contributed by atoms with Crippen molar-refractivity contribution in [2.24, 2.45) is 0 Å². The van der Waals surface area contributed by atoms with Crippen LogP contribution in [0, 0.1) is 10.1 Å². The molecule has 2 N–H and O–H groups in total. The summed E-state index contributed by atoms with van der Waals surface area (Å²) < 4.78 is 0. The highest BCUT2D eigenvalue weighted by Gasteiger charge is 2.14. The molecule has 1 amide bonds. The first kappa shape index (κ1) is 14.7. The van der Waals surface area contributed by atoms with Crippen molar-refractivity contribution in [1.82, 2.24) is 5.32 Å². The van der Waals surface area contributed by atoms with Gasteiger partial charge >= 0.3 is 11.0 Å². The summed E-state index contributed by atoms with van der Waals surface area (Å²) in [5, 5.41) is 23.3. The van der Waals surface area contributed by atoms with Crippen molar-refractivity contribution < 1.29 is 19.6 Å². The van der Waals surface area contributed by atoms with E-state index < -0.39 is 16.8 Å². The smallest absolute Gasteiger partial charge is 0.335 e. The minimum absolute atomic E-state index is 0.104. The van der Waals surface area contributed by atoms with E-state index in [4.69, 9.17) is 5.11 Å². The summed E-state index contributed by atoms with van der Waals surface area (Å²) in [6.45, 7) is 0.142. The fourth-order valence-corrected chi connectivity index (χ4v) is 2.34. The summed E-state index contributed by atoms with van der Waals surface area (Å²) in [5.41, 5.74) is 0.974. The summed E-state index contributed by atoms with van der Waals surface area (Å²) in [6.07, 6.45) is 0. The molecule has 0 saturated heterocycles. The van der Waals surface area contributed by atoms with Crippen LogP contribution in [0.4, 0.5) is 5.00 Å². The topological polar surface area (TPSA) is 110 Å². The second-order valence-corrected chi connectivity index (χ2v) is 5.01. The normalized spacial score (nSPS) is 10.1. The van der Waals surface area contributed by atoms with E-state index in [9.17, 15) is 19.7 Å². The van der Waals surface area contributed by atoms with Crippen molar-refractivity contribution in [3.8, 4) is 0 Å². The quantitative estimate of drug-likeness (QED) is 0.650. The molecule has 0 fully saturated rings. The zero-order valence-corrected chi connectivity index (χ0v) is 11.4. The number of nitrogens with one attached hydrogen (secondary N) is 1. The van der Waals surface area contributed by atoms with Crippen molar-refractivity contribution in [1.29, 1.82) is 0 Å². The van der Waals surface area contributed by atoms with Crippen LogP contribution in [0.15, 0.2) is 35.7 Å². The number of hydrogen-bond acceptors (Lipinski definition) is 5. The van der Waals surface area contributed by atoms with Crippen molar-refractivity contribution in [3.05, 3.63) is 62.5 Å². The SMILES string of the molecule is O=C(O)c1cccc(CNC(=O)c2csc([N+](=O)[O-])c2)c1. The lowest BCUT2D eigenvalue weighted by Gasteiger charge is -2.04. The molecule has 108 valence electrons. The maximum Gasteiger partial charge on any atom is 0.335 e. The second kappa shape index (κ2) is 6.14. The number of amides is 1. The number of benzene rings is 1. The Hall–Kier alpha value is -2.74. The Morgan fingerprint density at radius 1 is 1.29 bits per heavy atom. The third-order valence-electron chi connectivity index (χ3n) is 2.65. The monoisotopic (exact) mass is 306 g/mol. The van der Waals surface area contributed by atoms with Gasteiger partial charge in [-0.1, -0.05) is 23.5 Å². The van der Waals surface area contributed by atoms with E-state index in [0.29, 0.717) is 5.56 Å². The Kier molecular flexibility index (Phi) is 4.29. The molecule has 0 saturated carbocycles. The highest BCUT2D eigenvalue weighted by molar-refractivity contribution is 7.13. The fourth-order valence-electron chi connectivity index (χ4n) is 1.64. The lowest BCUT2D eigenvalue weighted by Crippen LogP contribution is -2.22. The standard InChI is InChI=1S/C13H10N2O5S/c16-12(10-5-11(15(19)20)21-7-10)14-6-8-2-1-3-9(4-8)13(17)18/h1-5,7H,6H2,(H,14,16)(H,17,18). The third kappa shape index (κ3) is 3.63. The Bertz CT molecular complexity index is 710. The maximum absolute atomic E-state index is 11.8. The van der Waals surface area contributed by atoms with Crippen molar-refractivity contribution in [3.63, 3.8) is 0 Å². The number of carbonyl (C=O) groups is 2. The van der Waals surface area contributed by atoms with Gasteiger partial charge in [-0.2, -0.15) is 0 Å². The van der Waals surface area contributed by atoms with Gasteiger partial charge in [-0.15, -0.1) is 0 Å². The van der Waals surface area contributed by atoms with Gasteiger partial charge in [-0.25, -0.2) is 4.79 Å². The molecule has 0 aliphatic rings. The average Bonchev–Trinajstić information content (AvgIpc) is 2.95. The van der Waals surface area contributed by atoms with Gasteiger partial charge < -0.3 is 10.4 Å². The summed E-state index contributed by atoms with van der Waals surface area (Å²) in [5.74, 6) is -1.49. The number of carboxylic acid groups (broad SMARTS) is 1. The highest BCUT2D eigenvalue weighted by Crippen LogP contribution is 2.22. The molecular formula is C13H10N2O5S. The van der Waals surface area contributed by atoms with E-state index in [1.807, 2.05) is 0 Å². The van der Waals surface area contributed by atoms with Crippen LogP contribution in [0.5, 0.6) is 0 Å². The number of carbonyl (C=O) groups excluding carboxylic acids is 1. The molecule has 0 radical (unpaired) electrons. The number of thiophene rings is 1. The summed E-state index contributed by atoms with van der Waals surface area (Å²) in [4.78, 5) is 32.6. The van der Waals surface area contributed by atoms with Gasteiger partial charge in [0.1, 0.15) is 0 Å². The van der Waals surface area contributed by atoms with Crippen LogP contribution >= 0.6 is 11.3 Å². The predicted octanol–water partition coefficient (Wildman–Crippen LogP) is 2.28. The molecule has 0 atom stereocenters. The Morgan fingerprint density at radius 3 is 2.67 bits per heavy atom. The predicted molar refractivity (Wildman–Crippen MR) is 75.5 cm³/mol. The maximum atomic E-state index is 11.8. The molecule has 8 heteroatoms. The lowest BCUT2D eigenvalue weighted by atomic mass is 10.1. The second-order valence-electron chi connectivity index (χ2n) is 4.12.